The summed E-state index contributed by atoms with van der Waals surface area (Å²) < 4.78 is 0.730. The van der Waals surface area contributed by atoms with E-state index in [-0.39, 0.29) is 17.0 Å². The normalized spacial score (nSPS) is 29.9. The first-order chi connectivity index (χ1) is 14.5. The molecule has 8 heteroatoms. The molecule has 30 heavy (non-hydrogen) atoms. The zero-order chi connectivity index (χ0) is 21.0. The van der Waals surface area contributed by atoms with Gasteiger partial charge in [-0.15, -0.1) is 11.8 Å². The van der Waals surface area contributed by atoms with Crippen LogP contribution in [0.25, 0.3) is 0 Å². The van der Waals surface area contributed by atoms with Crippen molar-refractivity contribution in [2.24, 2.45) is 5.92 Å². The number of β-lactam (4-membered cyclic amide) rings is 1. The summed E-state index contributed by atoms with van der Waals surface area (Å²) in [6.45, 7) is 3.82. The molecule has 0 saturated carbocycles. The molecule has 0 spiro atoms. The standard InChI is InChI=1S/C22H26N2O4S2/c1-2-16(25)17-19(26)24-18(21(27)28)22(30-20(17)24)29-15-7-8-23(11-15)14-9-12-5-3-4-6-13(12)10-14/h3-6,14-17,20,25H,2,7-11H2,1H3,(H,27,28). The van der Waals surface area contributed by atoms with Gasteiger partial charge in [0.15, 0.2) is 5.70 Å². The number of carbonyl (C=O) groups is 2. The molecule has 1 aromatic carbocycles. The molecule has 2 saturated heterocycles. The highest BCUT2D eigenvalue weighted by Gasteiger charge is 2.58. The Labute approximate surface area is 184 Å². The number of benzene rings is 1. The molecule has 4 aliphatic rings. The van der Waals surface area contributed by atoms with E-state index in [1.54, 1.807) is 11.8 Å². The lowest BCUT2D eigenvalue weighted by Crippen LogP contribution is -2.61. The van der Waals surface area contributed by atoms with E-state index in [0.29, 0.717) is 17.7 Å². The number of carboxylic acids is 1. The van der Waals surface area contributed by atoms with Gasteiger partial charge < -0.3 is 10.2 Å². The van der Waals surface area contributed by atoms with Gasteiger partial charge in [0.1, 0.15) is 5.37 Å². The smallest absolute Gasteiger partial charge is 0.354 e. The van der Waals surface area contributed by atoms with Gasteiger partial charge in [0.05, 0.1) is 16.3 Å². The zero-order valence-corrected chi connectivity index (χ0v) is 18.5. The van der Waals surface area contributed by atoms with Crippen molar-refractivity contribution in [2.75, 3.05) is 13.1 Å². The minimum absolute atomic E-state index is 0.117. The predicted molar refractivity (Wildman–Crippen MR) is 118 cm³/mol. The van der Waals surface area contributed by atoms with E-state index < -0.39 is 18.0 Å². The molecule has 4 unspecified atom stereocenters. The van der Waals surface area contributed by atoms with Crippen molar-refractivity contribution in [3.8, 4) is 0 Å². The van der Waals surface area contributed by atoms with Crippen LogP contribution in [0, 0.1) is 5.92 Å². The van der Waals surface area contributed by atoms with Gasteiger partial charge in [-0.3, -0.25) is 14.6 Å². The average Bonchev–Trinajstić information content (AvgIpc) is 3.43. The second-order valence-electron chi connectivity index (χ2n) is 8.51. The van der Waals surface area contributed by atoms with E-state index in [9.17, 15) is 19.8 Å². The third kappa shape index (κ3) is 3.28. The minimum Gasteiger partial charge on any atom is -0.477 e. The molecule has 0 aromatic heterocycles. The van der Waals surface area contributed by atoms with Crippen LogP contribution in [0.3, 0.4) is 0 Å². The number of aliphatic carboxylic acids is 1. The third-order valence-corrected chi connectivity index (χ3v) is 9.63. The maximum absolute atomic E-state index is 12.5. The van der Waals surface area contributed by atoms with Crippen LogP contribution in [0.5, 0.6) is 0 Å². The van der Waals surface area contributed by atoms with Gasteiger partial charge in [0.25, 0.3) is 0 Å². The number of hydrogen-bond donors (Lipinski definition) is 2. The van der Waals surface area contributed by atoms with Crippen molar-refractivity contribution in [3.05, 3.63) is 45.3 Å². The third-order valence-electron chi connectivity index (χ3n) is 6.78. The molecule has 4 atom stereocenters. The van der Waals surface area contributed by atoms with E-state index in [1.807, 2.05) is 6.92 Å². The van der Waals surface area contributed by atoms with E-state index in [0.717, 1.165) is 36.6 Å². The van der Waals surface area contributed by atoms with E-state index >= 15 is 0 Å². The molecule has 0 bridgehead atoms. The SMILES string of the molecule is CCC(O)C1C(=O)N2C(C(=O)O)=C(SC3CCN(C4Cc5ccccc5C4)C3)SC12. The first-order valence-electron chi connectivity index (χ1n) is 10.6. The number of amides is 1. The number of thioether (sulfide) groups is 2. The maximum atomic E-state index is 12.5. The number of rotatable bonds is 6. The quantitative estimate of drug-likeness (QED) is 0.650. The monoisotopic (exact) mass is 446 g/mol. The molecule has 2 fully saturated rings. The summed E-state index contributed by atoms with van der Waals surface area (Å²) in [5, 5.41) is 20.0. The lowest BCUT2D eigenvalue weighted by atomic mass is 9.90. The molecule has 1 aliphatic carbocycles. The number of likely N-dealkylation sites (tertiary alicyclic amines) is 1. The van der Waals surface area contributed by atoms with Gasteiger partial charge in [-0.1, -0.05) is 43.0 Å². The molecular formula is C22H26N2O4S2. The molecule has 3 aliphatic heterocycles. The van der Waals surface area contributed by atoms with Crippen LogP contribution < -0.4 is 0 Å². The van der Waals surface area contributed by atoms with Crippen LogP contribution in [-0.2, 0) is 22.4 Å². The van der Waals surface area contributed by atoms with Crippen LogP contribution >= 0.6 is 23.5 Å². The predicted octanol–water partition coefficient (Wildman–Crippen LogP) is 2.52. The largest absolute Gasteiger partial charge is 0.477 e. The molecule has 0 radical (unpaired) electrons. The van der Waals surface area contributed by atoms with Gasteiger partial charge in [-0.2, -0.15) is 0 Å². The Hall–Kier alpha value is -1.48. The molecular weight excluding hydrogens is 420 g/mol. The lowest BCUT2D eigenvalue weighted by molar-refractivity contribution is -0.157. The van der Waals surface area contributed by atoms with Crippen molar-refractivity contribution >= 4 is 35.4 Å². The average molecular weight is 447 g/mol. The number of carboxylic acid groups (broad SMARTS) is 1. The van der Waals surface area contributed by atoms with Gasteiger partial charge in [-0.25, -0.2) is 4.79 Å². The summed E-state index contributed by atoms with van der Waals surface area (Å²) >= 11 is 3.06. The first kappa shape index (κ1) is 20.4. The summed E-state index contributed by atoms with van der Waals surface area (Å²) in [5.74, 6) is -1.80. The van der Waals surface area contributed by atoms with Gasteiger partial charge in [-0.05, 0) is 43.4 Å². The molecule has 5 rings (SSSR count). The maximum Gasteiger partial charge on any atom is 0.354 e. The van der Waals surface area contributed by atoms with Crippen molar-refractivity contribution in [1.82, 2.24) is 9.80 Å². The van der Waals surface area contributed by atoms with Crippen LogP contribution in [-0.4, -0.2) is 67.7 Å². The molecule has 6 nitrogen and oxygen atoms in total. The summed E-state index contributed by atoms with van der Waals surface area (Å²) in [6.07, 6.45) is 2.98. The van der Waals surface area contributed by atoms with Crippen LogP contribution in [0.2, 0.25) is 0 Å². The number of fused-ring (bicyclic) bond motifs is 2. The molecule has 3 heterocycles. The molecule has 1 aromatic rings. The summed E-state index contributed by atoms with van der Waals surface area (Å²) in [7, 11) is 0. The number of aliphatic hydroxyl groups is 1. The molecule has 2 N–H and O–H groups in total. The summed E-state index contributed by atoms with van der Waals surface area (Å²) in [5.41, 5.74) is 3.01. The Morgan fingerprint density at radius 2 is 2.00 bits per heavy atom. The van der Waals surface area contributed by atoms with E-state index in [4.69, 9.17) is 0 Å². The zero-order valence-electron chi connectivity index (χ0n) is 16.9. The van der Waals surface area contributed by atoms with E-state index in [2.05, 4.69) is 29.2 Å². The first-order valence-corrected chi connectivity index (χ1v) is 12.4. The summed E-state index contributed by atoms with van der Waals surface area (Å²) in [6, 6.07) is 9.18. The fourth-order valence-electron chi connectivity index (χ4n) is 5.12. The van der Waals surface area contributed by atoms with Gasteiger partial charge >= 0.3 is 5.97 Å². The number of nitrogens with zero attached hydrogens (tertiary/aromatic N) is 2. The van der Waals surface area contributed by atoms with Crippen LogP contribution in [0.15, 0.2) is 34.2 Å². The highest BCUT2D eigenvalue weighted by molar-refractivity contribution is 8.23. The Bertz CT molecular complexity index is 895. The highest BCUT2D eigenvalue weighted by Crippen LogP contribution is 2.55. The van der Waals surface area contributed by atoms with Crippen molar-refractivity contribution in [2.45, 2.75) is 55.4 Å². The summed E-state index contributed by atoms with van der Waals surface area (Å²) in [4.78, 5) is 28.4. The van der Waals surface area contributed by atoms with Gasteiger partial charge in [0, 0.05) is 17.8 Å². The van der Waals surface area contributed by atoms with Crippen molar-refractivity contribution in [3.63, 3.8) is 0 Å². The second kappa shape index (κ2) is 7.89. The van der Waals surface area contributed by atoms with Gasteiger partial charge in [0.2, 0.25) is 5.91 Å². The fourth-order valence-corrected chi connectivity index (χ4v) is 8.41. The van der Waals surface area contributed by atoms with Crippen LogP contribution in [0.4, 0.5) is 0 Å². The molecule has 1 amide bonds. The van der Waals surface area contributed by atoms with Crippen molar-refractivity contribution < 1.29 is 19.8 Å². The van der Waals surface area contributed by atoms with E-state index in [1.165, 1.54) is 27.8 Å². The Morgan fingerprint density at radius 1 is 1.30 bits per heavy atom. The molecule has 160 valence electrons. The topological polar surface area (TPSA) is 81.1 Å². The highest BCUT2D eigenvalue weighted by atomic mass is 32.2. The Balaban J connectivity index is 1.25. The van der Waals surface area contributed by atoms with Crippen molar-refractivity contribution in [1.29, 1.82) is 0 Å². The lowest BCUT2D eigenvalue weighted by Gasteiger charge is -2.44. The Morgan fingerprint density at radius 3 is 2.63 bits per heavy atom. The minimum atomic E-state index is -1.05. The second-order valence-corrected chi connectivity index (χ2v) is 11.2. The number of carbonyl (C=O) groups excluding carboxylic acids is 1. The number of hydrogen-bond acceptors (Lipinski definition) is 6. The number of aliphatic hydroxyl groups excluding tert-OH is 1. The van der Waals surface area contributed by atoms with Crippen LogP contribution in [0.1, 0.15) is 30.9 Å². The Kier molecular flexibility index (Phi) is 5.37. The fraction of sp³-hybridized carbons (Fsp3) is 0.545.